The fourth-order valence-corrected chi connectivity index (χ4v) is 4.16. The lowest BCUT2D eigenvalue weighted by molar-refractivity contribution is -0.140. The predicted octanol–water partition coefficient (Wildman–Crippen LogP) is 5.32. The fraction of sp³-hybridized carbons (Fsp3) is 0.125. The minimum absolute atomic E-state index is 0.0121. The van der Waals surface area contributed by atoms with Crippen LogP contribution in [0.15, 0.2) is 72.6 Å². The number of hydrogen-bond donors (Lipinski definition) is 1. The number of benzene rings is 2. The lowest BCUT2D eigenvalue weighted by atomic mass is 9.95. The third-order valence-electron chi connectivity index (χ3n) is 5.20. The summed E-state index contributed by atoms with van der Waals surface area (Å²) in [5.74, 6) is -1.73. The molecule has 0 saturated carbocycles. The minimum atomic E-state index is -0.869. The van der Waals surface area contributed by atoms with Gasteiger partial charge in [-0.25, -0.2) is 0 Å². The van der Waals surface area contributed by atoms with E-state index in [0.717, 1.165) is 11.1 Å². The number of rotatable bonds is 4. The highest BCUT2D eigenvalue weighted by molar-refractivity contribution is 6.47. The number of Topliss-reactive ketones (excluding diaryl/α,β-unsaturated/α-hetero) is 1. The molecule has 5 nitrogen and oxygen atoms in total. The van der Waals surface area contributed by atoms with Crippen LogP contribution in [0, 0.1) is 6.92 Å². The first kappa shape index (κ1) is 21.1. The summed E-state index contributed by atoms with van der Waals surface area (Å²) < 4.78 is 0. The molecule has 1 aliphatic rings. The number of aliphatic hydroxyl groups is 1. The van der Waals surface area contributed by atoms with Crippen molar-refractivity contribution in [2.45, 2.75) is 19.5 Å². The SMILES string of the molecule is Cc1ccc(C(O)=C2C(=O)C(=O)N(Cc3cccnc3)C2c2ccc(Cl)cc2Cl)cc1. The first-order valence-corrected chi connectivity index (χ1v) is 10.3. The fourth-order valence-electron chi connectivity index (χ4n) is 3.64. The summed E-state index contributed by atoms with van der Waals surface area (Å²) in [6.07, 6.45) is 3.25. The van der Waals surface area contributed by atoms with E-state index in [1.165, 1.54) is 4.90 Å². The number of carbonyl (C=O) groups excluding carboxylic acids is 2. The summed E-state index contributed by atoms with van der Waals surface area (Å²) >= 11 is 12.5. The molecule has 2 aromatic carbocycles. The zero-order valence-corrected chi connectivity index (χ0v) is 18.1. The van der Waals surface area contributed by atoms with Crippen LogP contribution in [0.2, 0.25) is 10.0 Å². The average molecular weight is 453 g/mol. The number of aryl methyl sites for hydroxylation is 1. The van der Waals surface area contributed by atoms with E-state index >= 15 is 0 Å². The molecular formula is C24H18Cl2N2O3. The normalized spacial score (nSPS) is 17.9. The van der Waals surface area contributed by atoms with Crippen LogP contribution in [0.4, 0.5) is 0 Å². The van der Waals surface area contributed by atoms with Crippen molar-refractivity contribution in [2.24, 2.45) is 0 Å². The Morgan fingerprint density at radius 2 is 1.84 bits per heavy atom. The van der Waals surface area contributed by atoms with Gasteiger partial charge in [0.05, 0.1) is 11.6 Å². The van der Waals surface area contributed by atoms with Gasteiger partial charge in [-0.15, -0.1) is 0 Å². The standard InChI is InChI=1S/C24H18Cl2N2O3/c1-14-4-6-16(7-5-14)22(29)20-21(18-9-8-17(25)11-19(18)26)28(24(31)23(20)30)13-15-3-2-10-27-12-15/h2-12,21,29H,13H2,1H3. The first-order valence-electron chi connectivity index (χ1n) is 9.56. The molecule has 1 aliphatic heterocycles. The van der Waals surface area contributed by atoms with Gasteiger partial charge in [0, 0.05) is 34.5 Å². The van der Waals surface area contributed by atoms with Crippen molar-refractivity contribution in [2.75, 3.05) is 0 Å². The van der Waals surface area contributed by atoms with E-state index in [1.807, 2.05) is 25.1 Å². The van der Waals surface area contributed by atoms with E-state index in [2.05, 4.69) is 4.98 Å². The average Bonchev–Trinajstić information content (AvgIpc) is 2.99. The molecule has 1 amide bonds. The molecule has 0 spiro atoms. The van der Waals surface area contributed by atoms with Gasteiger partial charge >= 0.3 is 0 Å². The van der Waals surface area contributed by atoms with Crippen LogP contribution in [-0.2, 0) is 16.1 Å². The second-order valence-corrected chi connectivity index (χ2v) is 8.16. The van der Waals surface area contributed by atoms with E-state index in [1.54, 1.807) is 48.8 Å². The highest BCUT2D eigenvalue weighted by atomic mass is 35.5. The van der Waals surface area contributed by atoms with Crippen LogP contribution in [-0.4, -0.2) is 26.7 Å². The molecule has 1 fully saturated rings. The van der Waals surface area contributed by atoms with Crippen molar-refractivity contribution in [1.82, 2.24) is 9.88 Å². The van der Waals surface area contributed by atoms with Gasteiger partial charge in [0.25, 0.3) is 11.7 Å². The van der Waals surface area contributed by atoms with E-state index in [-0.39, 0.29) is 17.9 Å². The zero-order chi connectivity index (χ0) is 22.1. The highest BCUT2D eigenvalue weighted by Crippen LogP contribution is 2.43. The Labute approximate surface area is 189 Å². The Morgan fingerprint density at radius 3 is 2.48 bits per heavy atom. The molecule has 31 heavy (non-hydrogen) atoms. The van der Waals surface area contributed by atoms with Crippen molar-refractivity contribution in [3.8, 4) is 0 Å². The second-order valence-electron chi connectivity index (χ2n) is 7.32. The van der Waals surface area contributed by atoms with Crippen molar-refractivity contribution in [3.05, 3.63) is 105 Å². The van der Waals surface area contributed by atoms with Crippen molar-refractivity contribution in [1.29, 1.82) is 0 Å². The van der Waals surface area contributed by atoms with Crippen LogP contribution >= 0.6 is 23.2 Å². The van der Waals surface area contributed by atoms with Crippen LogP contribution in [0.5, 0.6) is 0 Å². The summed E-state index contributed by atoms with van der Waals surface area (Å²) in [7, 11) is 0. The molecule has 4 rings (SSSR count). The molecule has 156 valence electrons. The zero-order valence-electron chi connectivity index (χ0n) is 16.5. The maximum Gasteiger partial charge on any atom is 0.295 e. The molecule has 3 aromatic rings. The Bertz CT molecular complexity index is 1190. The molecule has 7 heteroatoms. The van der Waals surface area contributed by atoms with Gasteiger partial charge < -0.3 is 10.0 Å². The molecule has 1 aromatic heterocycles. The molecule has 0 radical (unpaired) electrons. The number of aromatic nitrogens is 1. The number of carbonyl (C=O) groups is 2. The summed E-state index contributed by atoms with van der Waals surface area (Å²) in [4.78, 5) is 31.5. The second kappa shape index (κ2) is 8.53. The Morgan fingerprint density at radius 1 is 1.10 bits per heavy atom. The molecule has 0 aliphatic carbocycles. The lowest BCUT2D eigenvalue weighted by Crippen LogP contribution is -2.29. The smallest absolute Gasteiger partial charge is 0.295 e. The van der Waals surface area contributed by atoms with Gasteiger partial charge in [0.2, 0.25) is 0 Å². The van der Waals surface area contributed by atoms with Crippen LogP contribution < -0.4 is 0 Å². The number of hydrogen-bond acceptors (Lipinski definition) is 4. The predicted molar refractivity (Wildman–Crippen MR) is 120 cm³/mol. The lowest BCUT2D eigenvalue weighted by Gasteiger charge is -2.26. The van der Waals surface area contributed by atoms with Crippen molar-refractivity contribution >= 4 is 40.7 Å². The number of ketones is 1. The monoisotopic (exact) mass is 452 g/mol. The number of pyridine rings is 1. The van der Waals surface area contributed by atoms with Gasteiger partial charge in [-0.2, -0.15) is 0 Å². The number of aliphatic hydroxyl groups excluding tert-OH is 1. The molecular weight excluding hydrogens is 435 g/mol. The molecule has 1 N–H and O–H groups in total. The summed E-state index contributed by atoms with van der Waals surface area (Å²) in [6.45, 7) is 2.05. The topological polar surface area (TPSA) is 70.5 Å². The van der Waals surface area contributed by atoms with Crippen LogP contribution in [0.25, 0.3) is 5.76 Å². The summed E-state index contributed by atoms with van der Waals surface area (Å²) in [6, 6.07) is 14.6. The molecule has 0 bridgehead atoms. The van der Waals surface area contributed by atoms with Gasteiger partial charge in [-0.3, -0.25) is 14.6 Å². The Balaban J connectivity index is 1.89. The first-order chi connectivity index (χ1) is 14.9. The molecule has 1 atom stereocenters. The van der Waals surface area contributed by atoms with Crippen molar-refractivity contribution in [3.63, 3.8) is 0 Å². The minimum Gasteiger partial charge on any atom is -0.507 e. The summed E-state index contributed by atoms with van der Waals surface area (Å²) in [5, 5.41) is 11.8. The molecule has 1 unspecified atom stereocenters. The Kier molecular flexibility index (Phi) is 5.81. The highest BCUT2D eigenvalue weighted by Gasteiger charge is 2.46. The van der Waals surface area contributed by atoms with Gasteiger partial charge in [0.1, 0.15) is 5.76 Å². The number of halogens is 2. The van der Waals surface area contributed by atoms with Gasteiger partial charge in [-0.1, -0.05) is 65.2 Å². The van der Waals surface area contributed by atoms with Crippen molar-refractivity contribution < 1.29 is 14.7 Å². The van der Waals surface area contributed by atoms with Crippen LogP contribution in [0.3, 0.4) is 0 Å². The molecule has 2 heterocycles. The van der Waals surface area contributed by atoms with E-state index in [9.17, 15) is 14.7 Å². The van der Waals surface area contributed by atoms with Gasteiger partial charge in [-0.05, 0) is 36.2 Å². The largest absolute Gasteiger partial charge is 0.507 e. The number of likely N-dealkylation sites (tertiary alicyclic amines) is 1. The Hall–Kier alpha value is -3.15. The van der Waals surface area contributed by atoms with E-state index in [0.29, 0.717) is 21.2 Å². The quantitative estimate of drug-likeness (QED) is 0.330. The third kappa shape index (κ3) is 4.07. The maximum atomic E-state index is 13.1. The summed E-state index contributed by atoms with van der Waals surface area (Å²) in [5.41, 5.74) is 2.69. The molecule has 1 saturated heterocycles. The van der Waals surface area contributed by atoms with E-state index < -0.39 is 17.7 Å². The van der Waals surface area contributed by atoms with E-state index in [4.69, 9.17) is 23.2 Å². The maximum absolute atomic E-state index is 13.1. The third-order valence-corrected chi connectivity index (χ3v) is 5.76. The van der Waals surface area contributed by atoms with Crippen LogP contribution in [0.1, 0.15) is 28.3 Å². The number of nitrogens with zero attached hydrogens (tertiary/aromatic N) is 2. The number of amides is 1. The van der Waals surface area contributed by atoms with Gasteiger partial charge in [0.15, 0.2) is 0 Å².